The van der Waals surface area contributed by atoms with Crippen LogP contribution in [0.4, 0.5) is 5.88 Å². The molecule has 31 heavy (non-hydrogen) atoms. The number of nitrogens with zero attached hydrogens (tertiary/aromatic N) is 4. The van der Waals surface area contributed by atoms with E-state index in [1.807, 2.05) is 68.7 Å². The van der Waals surface area contributed by atoms with Crippen LogP contribution < -0.4 is 5.32 Å². The summed E-state index contributed by atoms with van der Waals surface area (Å²) in [5.41, 5.74) is 2.37. The Bertz CT molecular complexity index is 1190. The van der Waals surface area contributed by atoms with Crippen LogP contribution in [-0.4, -0.2) is 31.6 Å². The van der Waals surface area contributed by atoms with Crippen molar-refractivity contribution in [1.82, 2.24) is 19.9 Å². The van der Waals surface area contributed by atoms with Crippen molar-refractivity contribution < 1.29 is 13.7 Å². The second-order valence-corrected chi connectivity index (χ2v) is 8.97. The van der Waals surface area contributed by atoms with E-state index in [1.54, 1.807) is 12.3 Å². The lowest BCUT2D eigenvalue weighted by molar-refractivity contribution is -0.113. The van der Waals surface area contributed by atoms with E-state index in [-0.39, 0.29) is 17.1 Å². The molecule has 1 amide bonds. The Morgan fingerprint density at radius 3 is 2.58 bits per heavy atom. The first-order valence-electron chi connectivity index (χ1n) is 9.78. The lowest BCUT2D eigenvalue weighted by Gasteiger charge is -2.12. The van der Waals surface area contributed by atoms with Gasteiger partial charge in [-0.15, -0.1) is 10.2 Å². The minimum absolute atomic E-state index is 0.140. The number of carbonyl (C=O) groups is 1. The van der Waals surface area contributed by atoms with Crippen molar-refractivity contribution in [2.75, 3.05) is 11.1 Å². The maximum atomic E-state index is 12.5. The first kappa shape index (κ1) is 20.9. The number of carbonyl (C=O) groups excluding carboxylic acids is 1. The molecule has 160 valence electrons. The van der Waals surface area contributed by atoms with Crippen LogP contribution in [0.3, 0.4) is 0 Å². The van der Waals surface area contributed by atoms with E-state index < -0.39 is 0 Å². The topological polar surface area (TPSA) is 99.0 Å². The van der Waals surface area contributed by atoms with Crippen molar-refractivity contribution >= 4 is 23.6 Å². The highest BCUT2D eigenvalue weighted by atomic mass is 32.2. The smallest absolute Gasteiger partial charge is 0.237 e. The normalized spacial score (nSPS) is 11.6. The molecule has 0 atom stereocenters. The Labute approximate surface area is 184 Å². The third kappa shape index (κ3) is 4.56. The highest BCUT2D eigenvalue weighted by Crippen LogP contribution is 2.30. The van der Waals surface area contributed by atoms with E-state index in [2.05, 4.69) is 20.7 Å². The fraction of sp³-hybridized carbons (Fsp3) is 0.273. The molecule has 8 nitrogen and oxygen atoms in total. The third-order valence-electron chi connectivity index (χ3n) is 4.62. The van der Waals surface area contributed by atoms with Crippen LogP contribution in [0.15, 0.2) is 62.8 Å². The van der Waals surface area contributed by atoms with Crippen LogP contribution in [0, 0.1) is 6.92 Å². The van der Waals surface area contributed by atoms with E-state index in [0.717, 1.165) is 22.7 Å². The Kier molecular flexibility index (Phi) is 5.69. The molecule has 0 unspecified atom stereocenters. The Morgan fingerprint density at radius 2 is 1.94 bits per heavy atom. The second-order valence-electron chi connectivity index (χ2n) is 8.03. The van der Waals surface area contributed by atoms with E-state index in [4.69, 9.17) is 8.94 Å². The quantitative estimate of drug-likeness (QED) is 0.430. The van der Waals surface area contributed by atoms with E-state index in [1.165, 1.54) is 11.8 Å². The molecule has 3 heterocycles. The molecular weight excluding hydrogens is 414 g/mol. The molecule has 0 saturated carbocycles. The van der Waals surface area contributed by atoms with Gasteiger partial charge >= 0.3 is 0 Å². The lowest BCUT2D eigenvalue weighted by atomic mass is 9.92. The number of thioether (sulfide) groups is 1. The third-order valence-corrected chi connectivity index (χ3v) is 5.55. The van der Waals surface area contributed by atoms with E-state index in [9.17, 15) is 4.79 Å². The number of para-hydroxylation sites is 1. The molecule has 0 aliphatic heterocycles. The van der Waals surface area contributed by atoms with Crippen molar-refractivity contribution in [3.8, 4) is 17.1 Å². The molecule has 9 heteroatoms. The van der Waals surface area contributed by atoms with Crippen molar-refractivity contribution in [2.24, 2.45) is 0 Å². The van der Waals surface area contributed by atoms with Crippen LogP contribution in [0.1, 0.15) is 32.2 Å². The maximum Gasteiger partial charge on any atom is 0.237 e. The maximum absolute atomic E-state index is 12.5. The summed E-state index contributed by atoms with van der Waals surface area (Å²) in [6.07, 6.45) is 1.62. The summed E-state index contributed by atoms with van der Waals surface area (Å²) in [5, 5.41) is 16.1. The van der Waals surface area contributed by atoms with Crippen molar-refractivity contribution in [1.29, 1.82) is 0 Å². The zero-order chi connectivity index (χ0) is 22.0. The zero-order valence-corrected chi connectivity index (χ0v) is 18.6. The number of amides is 1. The molecular formula is C22H23N5O3S. The molecule has 0 aliphatic carbocycles. The summed E-state index contributed by atoms with van der Waals surface area (Å²) in [6, 6.07) is 13.4. The van der Waals surface area contributed by atoms with Gasteiger partial charge in [-0.3, -0.25) is 14.7 Å². The molecule has 4 aromatic rings. The molecule has 0 saturated heterocycles. The van der Waals surface area contributed by atoms with Crippen LogP contribution in [0.25, 0.3) is 17.1 Å². The predicted molar refractivity (Wildman–Crippen MR) is 118 cm³/mol. The number of rotatable bonds is 6. The van der Waals surface area contributed by atoms with Crippen molar-refractivity contribution in [3.05, 3.63) is 60.2 Å². The fourth-order valence-corrected chi connectivity index (χ4v) is 3.71. The first-order valence-corrected chi connectivity index (χ1v) is 10.8. The van der Waals surface area contributed by atoms with Gasteiger partial charge in [0.05, 0.1) is 23.3 Å². The van der Waals surface area contributed by atoms with Gasteiger partial charge < -0.3 is 8.94 Å². The largest absolute Gasteiger partial charge is 0.469 e. The van der Waals surface area contributed by atoms with Gasteiger partial charge in [0.2, 0.25) is 11.8 Å². The molecule has 0 bridgehead atoms. The molecule has 3 aromatic heterocycles. The van der Waals surface area contributed by atoms with Gasteiger partial charge in [0.1, 0.15) is 5.76 Å². The molecule has 0 fully saturated rings. The summed E-state index contributed by atoms with van der Waals surface area (Å²) >= 11 is 1.29. The molecule has 0 radical (unpaired) electrons. The number of hydrogen-bond donors (Lipinski definition) is 1. The zero-order valence-electron chi connectivity index (χ0n) is 17.7. The van der Waals surface area contributed by atoms with E-state index in [0.29, 0.717) is 16.9 Å². The molecule has 1 aromatic carbocycles. The number of furan rings is 1. The molecule has 0 aliphatic rings. The van der Waals surface area contributed by atoms with Gasteiger partial charge in [0.25, 0.3) is 0 Å². The molecule has 1 N–H and O–H groups in total. The van der Waals surface area contributed by atoms with Gasteiger partial charge in [-0.05, 0) is 25.1 Å². The summed E-state index contributed by atoms with van der Waals surface area (Å²) in [7, 11) is 0. The predicted octanol–water partition coefficient (Wildman–Crippen LogP) is 4.85. The first-order chi connectivity index (χ1) is 14.8. The fourth-order valence-electron chi connectivity index (χ4n) is 2.96. The number of aryl methyl sites for hydroxylation is 1. The number of benzene rings is 1. The van der Waals surface area contributed by atoms with Crippen LogP contribution >= 0.6 is 11.8 Å². The standard InChI is InChI=1S/C22H23N5O3S/c1-14-16(10-11-29-14)20-24-25-21(27(20)15-8-6-5-7-9-15)31-13-18(28)23-19-12-17(26-30-19)22(2,3)4/h5-12H,13H2,1-4H3,(H,23,28). The van der Waals surface area contributed by atoms with Gasteiger partial charge in [-0.25, -0.2) is 0 Å². The monoisotopic (exact) mass is 437 g/mol. The summed E-state index contributed by atoms with van der Waals surface area (Å²) in [6.45, 7) is 7.97. The SMILES string of the molecule is Cc1occc1-c1nnc(SCC(=O)Nc2cc(C(C)(C)C)no2)n1-c1ccccc1. The number of hydrogen-bond acceptors (Lipinski definition) is 7. The van der Waals surface area contributed by atoms with Crippen molar-refractivity contribution in [3.63, 3.8) is 0 Å². The molecule has 0 spiro atoms. The van der Waals surface area contributed by atoms with Crippen LogP contribution in [0.5, 0.6) is 0 Å². The van der Waals surface area contributed by atoms with Gasteiger partial charge in [0.15, 0.2) is 11.0 Å². The Balaban J connectivity index is 1.53. The summed E-state index contributed by atoms with van der Waals surface area (Å²) < 4.78 is 12.6. The average molecular weight is 438 g/mol. The second kappa shape index (κ2) is 8.43. The van der Waals surface area contributed by atoms with Gasteiger partial charge in [-0.2, -0.15) is 0 Å². The van der Waals surface area contributed by atoms with Crippen LogP contribution in [-0.2, 0) is 10.2 Å². The number of aromatic nitrogens is 4. The van der Waals surface area contributed by atoms with Gasteiger partial charge in [-0.1, -0.05) is 55.9 Å². The number of nitrogens with one attached hydrogen (secondary N) is 1. The Hall–Kier alpha value is -3.33. The van der Waals surface area contributed by atoms with Gasteiger partial charge in [0, 0.05) is 17.2 Å². The van der Waals surface area contributed by atoms with E-state index >= 15 is 0 Å². The minimum atomic E-state index is -0.217. The summed E-state index contributed by atoms with van der Waals surface area (Å²) in [5.74, 6) is 1.66. The van der Waals surface area contributed by atoms with Crippen LogP contribution in [0.2, 0.25) is 0 Å². The summed E-state index contributed by atoms with van der Waals surface area (Å²) in [4.78, 5) is 12.5. The molecule has 4 rings (SSSR count). The van der Waals surface area contributed by atoms with Crippen molar-refractivity contribution in [2.45, 2.75) is 38.3 Å². The highest BCUT2D eigenvalue weighted by molar-refractivity contribution is 7.99. The number of anilines is 1. The lowest BCUT2D eigenvalue weighted by Crippen LogP contribution is -2.14. The minimum Gasteiger partial charge on any atom is -0.469 e. The average Bonchev–Trinajstić information content (AvgIpc) is 3.46. The Morgan fingerprint density at radius 1 is 1.16 bits per heavy atom. The highest BCUT2D eigenvalue weighted by Gasteiger charge is 2.21.